The number of hydrazine groups is 1. The minimum atomic E-state index is -3.73. The third-order valence-electron chi connectivity index (χ3n) is 4.34. The molecule has 0 unspecified atom stereocenters. The van der Waals surface area contributed by atoms with Crippen molar-refractivity contribution in [2.24, 2.45) is 10.9 Å². The Kier molecular flexibility index (Phi) is 7.43. The van der Waals surface area contributed by atoms with Gasteiger partial charge in [-0.15, -0.1) is 4.83 Å². The van der Waals surface area contributed by atoms with Gasteiger partial charge in [0, 0.05) is 13.1 Å². The molecule has 10 nitrogen and oxygen atoms in total. The smallest absolute Gasteiger partial charge is 0.411 e. The van der Waals surface area contributed by atoms with E-state index in [4.69, 9.17) is 4.74 Å². The van der Waals surface area contributed by atoms with Gasteiger partial charge in [0.1, 0.15) is 11.6 Å². The van der Waals surface area contributed by atoms with Gasteiger partial charge in [-0.25, -0.2) is 18.0 Å². The van der Waals surface area contributed by atoms with E-state index in [9.17, 15) is 23.1 Å². The molecule has 0 aliphatic carbocycles. The number of hydrogen-bond acceptors (Lipinski definition) is 6. The van der Waals surface area contributed by atoms with Crippen molar-refractivity contribution < 1.29 is 27.9 Å². The number of amides is 1. The molecule has 1 aliphatic heterocycles. The highest BCUT2D eigenvalue weighted by Gasteiger charge is 2.41. The van der Waals surface area contributed by atoms with Crippen LogP contribution in [0.4, 0.5) is 4.79 Å². The van der Waals surface area contributed by atoms with E-state index in [1.54, 1.807) is 32.9 Å². The Balaban J connectivity index is 1.88. The molecule has 2 atom stereocenters. The van der Waals surface area contributed by atoms with E-state index in [0.29, 0.717) is 0 Å². The van der Waals surface area contributed by atoms with E-state index in [0.717, 1.165) is 5.56 Å². The average Bonchev–Trinajstić information content (AvgIpc) is 3.05. The van der Waals surface area contributed by atoms with Crippen LogP contribution in [0.5, 0.6) is 0 Å². The molecular weight excluding hydrogens is 412 g/mol. The Morgan fingerprint density at radius 2 is 1.93 bits per heavy atom. The lowest BCUT2D eigenvalue weighted by atomic mass is 10.1. The van der Waals surface area contributed by atoms with E-state index in [1.807, 2.05) is 6.92 Å². The third kappa shape index (κ3) is 6.70. The first kappa shape index (κ1) is 23.6. The van der Waals surface area contributed by atoms with Crippen LogP contribution in [0.15, 0.2) is 34.2 Å². The highest BCUT2D eigenvalue weighted by molar-refractivity contribution is 7.89. The maximum Gasteiger partial charge on any atom is 0.411 e. The molecule has 1 aromatic carbocycles. The lowest BCUT2D eigenvalue weighted by Crippen LogP contribution is -2.43. The topological polar surface area (TPSA) is 137 Å². The van der Waals surface area contributed by atoms with Gasteiger partial charge in [-0.1, -0.05) is 17.7 Å². The Bertz CT molecular complexity index is 893. The fraction of sp³-hybridized carbons (Fsp3) is 0.526. The monoisotopic (exact) mass is 440 g/mol. The van der Waals surface area contributed by atoms with Gasteiger partial charge in [-0.05, 0) is 52.2 Å². The van der Waals surface area contributed by atoms with Crippen LogP contribution in [0.25, 0.3) is 0 Å². The molecule has 0 radical (unpaired) electrons. The molecule has 0 aromatic heterocycles. The Hall–Kier alpha value is -2.66. The van der Waals surface area contributed by atoms with Crippen molar-refractivity contribution in [1.29, 1.82) is 0 Å². The SMILES string of the molecule is Cc1ccc(S(=O)(=O)NNC=NC[C@H]2C[C@H](C(=O)O)N(C(=O)OC(C)(C)C)C2)cc1. The van der Waals surface area contributed by atoms with Gasteiger partial charge in [0.25, 0.3) is 10.0 Å². The minimum Gasteiger partial charge on any atom is -0.480 e. The lowest BCUT2D eigenvalue weighted by molar-refractivity contribution is -0.142. The number of aryl methyl sites for hydroxylation is 1. The molecule has 1 heterocycles. The molecule has 1 saturated heterocycles. The number of carbonyl (C=O) groups is 2. The van der Waals surface area contributed by atoms with Crippen molar-refractivity contribution in [3.63, 3.8) is 0 Å². The lowest BCUT2D eigenvalue weighted by Gasteiger charge is -2.26. The molecule has 3 N–H and O–H groups in total. The number of aliphatic imine (C=N–C) groups is 1. The standard InChI is InChI=1S/C19H28N4O6S/c1-13-5-7-15(8-6-13)30(27,28)22-21-12-20-10-14-9-16(17(24)25)23(11-14)18(26)29-19(2,3)4/h5-8,12,14,16,22H,9-11H2,1-4H3,(H,20,21)(H,24,25)/t14-,16-/m1/s1. The van der Waals surface area contributed by atoms with Gasteiger partial charge in [-0.3, -0.25) is 15.3 Å². The van der Waals surface area contributed by atoms with E-state index in [2.05, 4.69) is 15.2 Å². The first-order chi connectivity index (χ1) is 13.9. The van der Waals surface area contributed by atoms with E-state index in [1.165, 1.54) is 23.4 Å². The van der Waals surface area contributed by atoms with Crippen LogP contribution >= 0.6 is 0 Å². The minimum absolute atomic E-state index is 0.113. The molecule has 166 valence electrons. The summed E-state index contributed by atoms with van der Waals surface area (Å²) < 4.78 is 29.6. The van der Waals surface area contributed by atoms with Crippen LogP contribution in [0.1, 0.15) is 32.8 Å². The zero-order valence-corrected chi connectivity index (χ0v) is 18.3. The molecule has 0 saturated carbocycles. The van der Waals surface area contributed by atoms with Crippen molar-refractivity contribution >= 4 is 28.4 Å². The third-order valence-corrected chi connectivity index (χ3v) is 5.62. The Morgan fingerprint density at radius 3 is 2.50 bits per heavy atom. The second-order valence-electron chi connectivity index (χ2n) is 8.15. The maximum atomic E-state index is 12.3. The summed E-state index contributed by atoms with van der Waals surface area (Å²) in [6, 6.07) is 5.39. The highest BCUT2D eigenvalue weighted by Crippen LogP contribution is 2.26. The number of carboxylic acid groups (broad SMARTS) is 1. The summed E-state index contributed by atoms with van der Waals surface area (Å²) in [5.74, 6) is -1.29. The summed E-state index contributed by atoms with van der Waals surface area (Å²) in [4.78, 5) is 31.4. The van der Waals surface area contributed by atoms with Crippen LogP contribution < -0.4 is 10.3 Å². The number of likely N-dealkylation sites (tertiary alicyclic amines) is 1. The predicted molar refractivity (Wildman–Crippen MR) is 110 cm³/mol. The summed E-state index contributed by atoms with van der Waals surface area (Å²) >= 11 is 0. The number of benzene rings is 1. The summed E-state index contributed by atoms with van der Waals surface area (Å²) in [5, 5.41) is 9.40. The van der Waals surface area contributed by atoms with Crippen LogP contribution in [-0.2, 0) is 19.6 Å². The summed E-state index contributed by atoms with van der Waals surface area (Å²) in [6.45, 7) is 7.41. The molecule has 1 fully saturated rings. The molecule has 2 rings (SSSR count). The molecule has 1 aromatic rings. The number of nitrogens with one attached hydrogen (secondary N) is 2. The highest BCUT2D eigenvalue weighted by atomic mass is 32.2. The zero-order valence-electron chi connectivity index (χ0n) is 17.5. The van der Waals surface area contributed by atoms with Crippen LogP contribution in [-0.4, -0.2) is 61.6 Å². The van der Waals surface area contributed by atoms with Crippen molar-refractivity contribution in [2.75, 3.05) is 13.1 Å². The van der Waals surface area contributed by atoms with Crippen molar-refractivity contribution in [2.45, 2.75) is 50.7 Å². The van der Waals surface area contributed by atoms with E-state index < -0.39 is 33.7 Å². The number of aliphatic carboxylic acids is 1. The first-order valence-corrected chi connectivity index (χ1v) is 10.9. The van der Waals surface area contributed by atoms with Gasteiger partial charge in [0.05, 0.1) is 11.2 Å². The van der Waals surface area contributed by atoms with Gasteiger partial charge >= 0.3 is 12.1 Å². The quantitative estimate of drug-likeness (QED) is 0.332. The van der Waals surface area contributed by atoms with Crippen molar-refractivity contribution in [3.05, 3.63) is 29.8 Å². The van der Waals surface area contributed by atoms with Crippen LogP contribution in [0.2, 0.25) is 0 Å². The second kappa shape index (κ2) is 9.43. The second-order valence-corrected chi connectivity index (χ2v) is 9.83. The first-order valence-electron chi connectivity index (χ1n) is 9.44. The number of nitrogens with zero attached hydrogens (tertiary/aromatic N) is 2. The number of carbonyl (C=O) groups excluding carboxylic acids is 1. The molecule has 0 bridgehead atoms. The molecule has 11 heteroatoms. The summed E-state index contributed by atoms with van der Waals surface area (Å²) in [5.41, 5.74) is 2.63. The fourth-order valence-electron chi connectivity index (χ4n) is 2.94. The zero-order chi connectivity index (χ0) is 22.5. The van der Waals surface area contributed by atoms with Gasteiger partial charge in [0.2, 0.25) is 0 Å². The van der Waals surface area contributed by atoms with Crippen LogP contribution in [0.3, 0.4) is 0 Å². The van der Waals surface area contributed by atoms with E-state index in [-0.39, 0.29) is 30.3 Å². The number of sulfonamides is 1. The van der Waals surface area contributed by atoms with Crippen molar-refractivity contribution in [3.8, 4) is 0 Å². The number of rotatable bonds is 7. The van der Waals surface area contributed by atoms with Crippen LogP contribution in [0, 0.1) is 12.8 Å². The molecule has 30 heavy (non-hydrogen) atoms. The maximum absolute atomic E-state index is 12.3. The largest absolute Gasteiger partial charge is 0.480 e. The van der Waals surface area contributed by atoms with Gasteiger partial charge in [-0.2, -0.15) is 0 Å². The number of ether oxygens (including phenoxy) is 1. The number of carboxylic acids is 1. The van der Waals surface area contributed by atoms with Crippen molar-refractivity contribution in [1.82, 2.24) is 15.2 Å². The van der Waals surface area contributed by atoms with Gasteiger partial charge in [0.15, 0.2) is 0 Å². The molecule has 0 spiro atoms. The Morgan fingerprint density at radius 1 is 1.30 bits per heavy atom. The normalized spacial score (nSPS) is 19.8. The average molecular weight is 441 g/mol. The molecular formula is C19H28N4O6S. The Labute approximate surface area is 176 Å². The molecule has 1 amide bonds. The number of hydrogen-bond donors (Lipinski definition) is 3. The molecule has 1 aliphatic rings. The summed E-state index contributed by atoms with van der Waals surface area (Å²) in [7, 11) is -3.73. The van der Waals surface area contributed by atoms with Gasteiger partial charge < -0.3 is 9.84 Å². The fourth-order valence-corrected chi connectivity index (χ4v) is 3.76. The van der Waals surface area contributed by atoms with E-state index >= 15 is 0 Å². The summed E-state index contributed by atoms with van der Waals surface area (Å²) in [6.07, 6.45) is 0.754. The predicted octanol–water partition coefficient (Wildman–Crippen LogP) is 1.52.